The van der Waals surface area contributed by atoms with E-state index in [1.807, 2.05) is 0 Å². The highest BCUT2D eigenvalue weighted by atomic mass is 16.7. The zero-order valence-corrected chi connectivity index (χ0v) is 13.8. The molecule has 0 saturated carbocycles. The van der Waals surface area contributed by atoms with Crippen molar-refractivity contribution in [3.63, 3.8) is 0 Å². The number of esters is 4. The van der Waals surface area contributed by atoms with E-state index in [0.717, 1.165) is 20.8 Å². The standard InChI is InChI=1S/C14H21NO9/c1-6(16)20-5-10-12(21-7(2)17)13(22-8(3)18)11(15)14(24-10)23-9(4)19/h10-14H,5,15H2,1-4H3. The number of hydrogen-bond donors (Lipinski definition) is 1. The Bertz CT molecular complexity index is 490. The molecule has 5 atom stereocenters. The van der Waals surface area contributed by atoms with Crippen LogP contribution in [0.2, 0.25) is 0 Å². The highest BCUT2D eigenvalue weighted by molar-refractivity contribution is 5.68. The minimum atomic E-state index is -1.26. The number of nitrogens with two attached hydrogens (primary N) is 1. The van der Waals surface area contributed by atoms with Crippen LogP contribution in [0.25, 0.3) is 0 Å². The average Bonchev–Trinajstić information content (AvgIpc) is 2.42. The van der Waals surface area contributed by atoms with Crippen molar-refractivity contribution in [1.82, 2.24) is 0 Å². The molecule has 0 bridgehead atoms. The first-order valence-corrected chi connectivity index (χ1v) is 7.18. The maximum Gasteiger partial charge on any atom is 0.304 e. The molecule has 1 rings (SSSR count). The van der Waals surface area contributed by atoms with Gasteiger partial charge in [-0.2, -0.15) is 0 Å². The predicted molar refractivity (Wildman–Crippen MR) is 76.1 cm³/mol. The minimum Gasteiger partial charge on any atom is -0.463 e. The van der Waals surface area contributed by atoms with Gasteiger partial charge in [0, 0.05) is 27.7 Å². The van der Waals surface area contributed by atoms with E-state index in [1.54, 1.807) is 0 Å². The Labute approximate surface area is 138 Å². The quantitative estimate of drug-likeness (QED) is 0.487. The smallest absolute Gasteiger partial charge is 0.304 e. The molecule has 0 aromatic heterocycles. The molecular weight excluding hydrogens is 326 g/mol. The second-order valence-corrected chi connectivity index (χ2v) is 5.18. The highest BCUT2D eigenvalue weighted by Gasteiger charge is 2.50. The Kier molecular flexibility index (Phi) is 7.11. The van der Waals surface area contributed by atoms with E-state index < -0.39 is 54.5 Å². The summed E-state index contributed by atoms with van der Waals surface area (Å²) in [5.74, 6) is -2.62. The second kappa shape index (κ2) is 8.60. The van der Waals surface area contributed by atoms with Crippen LogP contribution < -0.4 is 5.73 Å². The van der Waals surface area contributed by atoms with Gasteiger partial charge in [-0.05, 0) is 0 Å². The Hall–Kier alpha value is -2.20. The van der Waals surface area contributed by atoms with Gasteiger partial charge in [0.2, 0.25) is 6.29 Å². The summed E-state index contributed by atoms with van der Waals surface area (Å²) in [6.07, 6.45) is -4.58. The van der Waals surface area contributed by atoms with Gasteiger partial charge < -0.3 is 29.4 Å². The van der Waals surface area contributed by atoms with Gasteiger partial charge in [0.15, 0.2) is 12.2 Å². The molecule has 1 aliphatic rings. The molecule has 24 heavy (non-hydrogen) atoms. The van der Waals surface area contributed by atoms with Crippen LogP contribution in [-0.4, -0.2) is 61.1 Å². The van der Waals surface area contributed by atoms with Crippen LogP contribution in [0.1, 0.15) is 27.7 Å². The summed E-state index contributed by atoms with van der Waals surface area (Å²) in [4.78, 5) is 44.9. The van der Waals surface area contributed by atoms with E-state index in [2.05, 4.69) is 0 Å². The van der Waals surface area contributed by atoms with Crippen LogP contribution in [0.3, 0.4) is 0 Å². The minimum absolute atomic E-state index is 0.310. The van der Waals surface area contributed by atoms with E-state index in [-0.39, 0.29) is 6.61 Å². The van der Waals surface area contributed by atoms with Gasteiger partial charge in [-0.3, -0.25) is 19.2 Å². The molecule has 10 heteroatoms. The van der Waals surface area contributed by atoms with E-state index in [0.29, 0.717) is 0 Å². The Morgan fingerprint density at radius 3 is 1.79 bits per heavy atom. The Balaban J connectivity index is 3.08. The summed E-state index contributed by atoms with van der Waals surface area (Å²) < 4.78 is 25.5. The van der Waals surface area contributed by atoms with Gasteiger partial charge in [-0.25, -0.2) is 0 Å². The van der Waals surface area contributed by atoms with Crippen molar-refractivity contribution in [2.75, 3.05) is 6.61 Å². The monoisotopic (exact) mass is 347 g/mol. The normalized spacial score (nSPS) is 29.3. The fraction of sp³-hybridized carbons (Fsp3) is 0.714. The van der Waals surface area contributed by atoms with Crippen molar-refractivity contribution in [2.45, 2.75) is 58.3 Å². The maximum absolute atomic E-state index is 11.3. The molecule has 5 unspecified atom stereocenters. The molecule has 136 valence electrons. The van der Waals surface area contributed by atoms with Crippen LogP contribution in [0.4, 0.5) is 0 Å². The third-order valence-corrected chi connectivity index (χ3v) is 3.03. The fourth-order valence-electron chi connectivity index (χ4n) is 2.20. The first-order chi connectivity index (χ1) is 11.1. The van der Waals surface area contributed by atoms with Gasteiger partial charge in [0.25, 0.3) is 0 Å². The van der Waals surface area contributed by atoms with Crippen molar-refractivity contribution >= 4 is 23.9 Å². The van der Waals surface area contributed by atoms with Crippen molar-refractivity contribution < 1.29 is 42.9 Å². The first-order valence-electron chi connectivity index (χ1n) is 7.18. The third kappa shape index (κ3) is 5.78. The number of rotatable bonds is 5. The molecule has 1 saturated heterocycles. The van der Waals surface area contributed by atoms with Gasteiger partial charge in [-0.1, -0.05) is 0 Å². The lowest BCUT2D eigenvalue weighted by Crippen LogP contribution is -2.65. The molecule has 0 aliphatic carbocycles. The second-order valence-electron chi connectivity index (χ2n) is 5.18. The van der Waals surface area contributed by atoms with Gasteiger partial charge in [0.1, 0.15) is 18.8 Å². The first kappa shape index (κ1) is 19.8. The van der Waals surface area contributed by atoms with E-state index in [4.69, 9.17) is 29.4 Å². The molecule has 2 N–H and O–H groups in total. The maximum atomic E-state index is 11.3. The molecule has 10 nitrogen and oxygen atoms in total. The molecule has 0 spiro atoms. The summed E-state index contributed by atoms with van der Waals surface area (Å²) in [5, 5.41) is 0. The fourth-order valence-corrected chi connectivity index (χ4v) is 2.20. The lowest BCUT2D eigenvalue weighted by molar-refractivity contribution is -0.267. The molecule has 0 radical (unpaired) electrons. The molecule has 0 amide bonds. The zero-order chi connectivity index (χ0) is 18.4. The summed E-state index contributed by atoms with van der Waals surface area (Å²) in [7, 11) is 0. The SMILES string of the molecule is CC(=O)OCC1OC(OC(C)=O)C(N)C(OC(C)=O)C1OC(C)=O. The van der Waals surface area contributed by atoms with Crippen LogP contribution in [-0.2, 0) is 42.9 Å². The lowest BCUT2D eigenvalue weighted by Gasteiger charge is -2.42. The van der Waals surface area contributed by atoms with E-state index in [9.17, 15) is 19.2 Å². The highest BCUT2D eigenvalue weighted by Crippen LogP contribution is 2.26. The number of ether oxygens (including phenoxy) is 5. The summed E-state index contributed by atoms with van der Waals surface area (Å²) in [6.45, 7) is 4.32. The Morgan fingerprint density at radius 1 is 0.833 bits per heavy atom. The molecular formula is C14H21NO9. The molecule has 1 fully saturated rings. The third-order valence-electron chi connectivity index (χ3n) is 3.03. The van der Waals surface area contributed by atoms with Crippen LogP contribution in [0.5, 0.6) is 0 Å². The number of hydrogen-bond acceptors (Lipinski definition) is 10. The summed E-state index contributed by atoms with van der Waals surface area (Å²) in [5.41, 5.74) is 5.93. The lowest BCUT2D eigenvalue weighted by atomic mass is 9.97. The van der Waals surface area contributed by atoms with Crippen molar-refractivity contribution in [3.05, 3.63) is 0 Å². The topological polar surface area (TPSA) is 140 Å². The molecule has 0 aromatic carbocycles. The van der Waals surface area contributed by atoms with Crippen molar-refractivity contribution in [1.29, 1.82) is 0 Å². The largest absolute Gasteiger partial charge is 0.463 e. The molecule has 1 aliphatic heterocycles. The van der Waals surface area contributed by atoms with Gasteiger partial charge in [0.05, 0.1) is 0 Å². The van der Waals surface area contributed by atoms with Crippen molar-refractivity contribution in [3.8, 4) is 0 Å². The summed E-state index contributed by atoms with van der Waals surface area (Å²) in [6, 6.07) is -1.10. The van der Waals surface area contributed by atoms with Crippen molar-refractivity contribution in [2.24, 2.45) is 5.73 Å². The Morgan fingerprint density at radius 2 is 1.33 bits per heavy atom. The van der Waals surface area contributed by atoms with Crippen LogP contribution in [0, 0.1) is 0 Å². The number of carbonyl (C=O) groups excluding carboxylic acids is 4. The van der Waals surface area contributed by atoms with Gasteiger partial charge in [-0.15, -0.1) is 0 Å². The van der Waals surface area contributed by atoms with E-state index >= 15 is 0 Å². The number of carbonyl (C=O) groups is 4. The van der Waals surface area contributed by atoms with Gasteiger partial charge >= 0.3 is 23.9 Å². The van der Waals surface area contributed by atoms with Crippen LogP contribution >= 0.6 is 0 Å². The average molecular weight is 347 g/mol. The molecule has 1 heterocycles. The predicted octanol–water partition coefficient (Wildman–Crippen LogP) is -0.972. The van der Waals surface area contributed by atoms with E-state index in [1.165, 1.54) is 6.92 Å². The molecule has 0 aromatic rings. The van der Waals surface area contributed by atoms with Crippen LogP contribution in [0.15, 0.2) is 0 Å². The summed E-state index contributed by atoms with van der Waals surface area (Å²) >= 11 is 0. The zero-order valence-electron chi connectivity index (χ0n) is 13.8.